The molecule has 0 aliphatic heterocycles. The van der Waals surface area contributed by atoms with Crippen LogP contribution in [-0.2, 0) is 4.79 Å². The second-order valence-electron chi connectivity index (χ2n) is 5.66. The molecule has 0 unspecified atom stereocenters. The van der Waals surface area contributed by atoms with E-state index in [0.717, 1.165) is 17.3 Å². The number of carbonyl (C=O) groups is 1. The molecule has 0 spiro atoms. The minimum Gasteiger partial charge on any atom is -0.504 e. The van der Waals surface area contributed by atoms with Gasteiger partial charge in [-0.05, 0) is 37.6 Å². The van der Waals surface area contributed by atoms with Crippen LogP contribution in [0.5, 0.6) is 17.2 Å². The molecule has 2 N–H and O–H groups in total. The first-order chi connectivity index (χ1) is 12.8. The number of phenolic OH excluding ortho intramolecular Hbond substituents is 1. The quantitative estimate of drug-likeness (QED) is 0.436. The highest BCUT2D eigenvalue weighted by atomic mass is 16.6. The molecular weight excluding hydrogens is 354 g/mol. The number of carbonyl (C=O) groups excluding carboxylic acids is 1. The Kier molecular flexibility index (Phi) is 6.32. The standard InChI is InChI=1S/C18H19N3O6/c1-11-4-7-15(12(2)8-11)27-10-16(23)20-19-9-13-5-6-14(22)18(26-3)17(13)21(24)25/h4-9,22H,10H2,1-3H3,(H,20,23). The fourth-order valence-corrected chi connectivity index (χ4v) is 2.38. The Morgan fingerprint density at radius 3 is 2.70 bits per heavy atom. The Labute approximate surface area is 155 Å². The van der Waals surface area contributed by atoms with Gasteiger partial charge < -0.3 is 14.6 Å². The molecule has 0 saturated carbocycles. The van der Waals surface area contributed by atoms with E-state index in [4.69, 9.17) is 9.47 Å². The summed E-state index contributed by atoms with van der Waals surface area (Å²) in [4.78, 5) is 22.3. The molecule has 2 rings (SSSR count). The fraction of sp³-hybridized carbons (Fsp3) is 0.222. The minimum absolute atomic E-state index is 0.0604. The van der Waals surface area contributed by atoms with Gasteiger partial charge in [-0.2, -0.15) is 5.10 Å². The monoisotopic (exact) mass is 373 g/mol. The SMILES string of the molecule is COc1c(O)ccc(C=NNC(=O)COc2ccc(C)cc2C)c1[N+](=O)[O-]. The van der Waals surface area contributed by atoms with E-state index in [1.165, 1.54) is 19.2 Å². The summed E-state index contributed by atoms with van der Waals surface area (Å²) >= 11 is 0. The van der Waals surface area contributed by atoms with Gasteiger partial charge in [0, 0.05) is 0 Å². The van der Waals surface area contributed by atoms with E-state index in [0.29, 0.717) is 5.75 Å². The molecule has 2 aromatic rings. The van der Waals surface area contributed by atoms with E-state index in [2.05, 4.69) is 10.5 Å². The third kappa shape index (κ3) is 4.94. The van der Waals surface area contributed by atoms with Crippen LogP contribution in [0.1, 0.15) is 16.7 Å². The zero-order valence-corrected chi connectivity index (χ0v) is 15.1. The second kappa shape index (κ2) is 8.65. The highest BCUT2D eigenvalue weighted by molar-refractivity contribution is 5.89. The molecule has 0 radical (unpaired) electrons. The number of hydrogen-bond donors (Lipinski definition) is 2. The summed E-state index contributed by atoms with van der Waals surface area (Å²) in [5.74, 6) is -0.598. The Bertz CT molecular complexity index is 895. The maximum absolute atomic E-state index is 11.8. The maximum Gasteiger partial charge on any atom is 0.323 e. The van der Waals surface area contributed by atoms with Crippen molar-refractivity contribution in [1.82, 2.24) is 5.43 Å². The number of benzene rings is 2. The van der Waals surface area contributed by atoms with E-state index in [1.54, 1.807) is 6.07 Å². The van der Waals surface area contributed by atoms with Gasteiger partial charge in [-0.3, -0.25) is 14.9 Å². The number of aryl methyl sites for hydroxylation is 2. The van der Waals surface area contributed by atoms with Gasteiger partial charge in [0.15, 0.2) is 12.4 Å². The molecule has 0 bridgehead atoms. The normalized spacial score (nSPS) is 10.6. The number of ether oxygens (including phenoxy) is 2. The van der Waals surface area contributed by atoms with Crippen molar-refractivity contribution in [2.45, 2.75) is 13.8 Å². The van der Waals surface area contributed by atoms with Crippen molar-refractivity contribution in [3.63, 3.8) is 0 Å². The van der Waals surface area contributed by atoms with Crippen LogP contribution in [0.4, 0.5) is 5.69 Å². The number of nitrogens with zero attached hydrogens (tertiary/aromatic N) is 2. The lowest BCUT2D eigenvalue weighted by Crippen LogP contribution is -2.24. The number of phenols is 1. The van der Waals surface area contributed by atoms with Crippen LogP contribution >= 0.6 is 0 Å². The van der Waals surface area contributed by atoms with Crippen LogP contribution in [-0.4, -0.2) is 35.9 Å². The Morgan fingerprint density at radius 1 is 1.33 bits per heavy atom. The molecule has 0 aromatic heterocycles. The lowest BCUT2D eigenvalue weighted by Gasteiger charge is -2.08. The average molecular weight is 373 g/mol. The number of nitro groups is 1. The summed E-state index contributed by atoms with van der Waals surface area (Å²) < 4.78 is 10.3. The second-order valence-corrected chi connectivity index (χ2v) is 5.66. The van der Waals surface area contributed by atoms with Crippen LogP contribution in [0.2, 0.25) is 0 Å². The third-order valence-corrected chi connectivity index (χ3v) is 3.61. The first kappa shape index (κ1) is 19.7. The van der Waals surface area contributed by atoms with Gasteiger partial charge >= 0.3 is 5.69 Å². The molecule has 0 aliphatic rings. The van der Waals surface area contributed by atoms with Gasteiger partial charge in [-0.25, -0.2) is 5.43 Å². The number of nitro benzene ring substituents is 1. The van der Waals surface area contributed by atoms with Gasteiger partial charge in [0.1, 0.15) is 5.75 Å². The fourth-order valence-electron chi connectivity index (χ4n) is 2.38. The summed E-state index contributed by atoms with van der Waals surface area (Å²) in [5, 5.41) is 24.5. The zero-order valence-electron chi connectivity index (χ0n) is 15.1. The topological polar surface area (TPSA) is 123 Å². The van der Waals surface area contributed by atoms with Gasteiger partial charge in [0.2, 0.25) is 5.75 Å². The van der Waals surface area contributed by atoms with E-state index in [1.807, 2.05) is 26.0 Å². The lowest BCUT2D eigenvalue weighted by molar-refractivity contribution is -0.386. The van der Waals surface area contributed by atoms with E-state index in [9.17, 15) is 20.0 Å². The van der Waals surface area contributed by atoms with Gasteiger partial charge in [0.05, 0.1) is 23.8 Å². The predicted molar refractivity (Wildman–Crippen MR) is 98.5 cm³/mol. The van der Waals surface area contributed by atoms with Crippen LogP contribution < -0.4 is 14.9 Å². The lowest BCUT2D eigenvalue weighted by atomic mass is 10.1. The van der Waals surface area contributed by atoms with Gasteiger partial charge in [-0.1, -0.05) is 17.7 Å². The molecule has 0 heterocycles. The molecule has 1 amide bonds. The molecule has 2 aromatic carbocycles. The van der Waals surface area contributed by atoms with Crippen LogP contribution in [0.25, 0.3) is 0 Å². The van der Waals surface area contributed by atoms with Crippen LogP contribution in [0.15, 0.2) is 35.4 Å². The van der Waals surface area contributed by atoms with Crippen molar-refractivity contribution >= 4 is 17.8 Å². The highest BCUT2D eigenvalue weighted by Crippen LogP contribution is 2.37. The maximum atomic E-state index is 11.8. The highest BCUT2D eigenvalue weighted by Gasteiger charge is 2.23. The van der Waals surface area contributed by atoms with E-state index >= 15 is 0 Å². The van der Waals surface area contributed by atoms with Crippen molar-refractivity contribution in [2.75, 3.05) is 13.7 Å². The molecule has 0 atom stereocenters. The largest absolute Gasteiger partial charge is 0.504 e. The molecule has 0 saturated heterocycles. The molecule has 9 heteroatoms. The summed E-state index contributed by atoms with van der Waals surface area (Å²) in [6.45, 7) is 3.56. The predicted octanol–water partition coefficient (Wildman–Crippen LogP) is 2.45. The molecule has 9 nitrogen and oxygen atoms in total. The number of nitrogens with one attached hydrogen (secondary N) is 1. The van der Waals surface area contributed by atoms with E-state index in [-0.39, 0.29) is 23.7 Å². The molecule has 142 valence electrons. The van der Waals surface area contributed by atoms with Crippen molar-refractivity contribution in [3.8, 4) is 17.2 Å². The number of hydrogen-bond acceptors (Lipinski definition) is 7. The van der Waals surface area contributed by atoms with Crippen molar-refractivity contribution in [2.24, 2.45) is 5.10 Å². The number of methoxy groups -OCH3 is 1. The Morgan fingerprint density at radius 2 is 2.07 bits per heavy atom. The molecule has 0 fully saturated rings. The smallest absolute Gasteiger partial charge is 0.323 e. The van der Waals surface area contributed by atoms with Gasteiger partial charge in [0.25, 0.3) is 5.91 Å². The van der Waals surface area contributed by atoms with Crippen LogP contribution in [0, 0.1) is 24.0 Å². The number of hydrazone groups is 1. The number of aromatic hydroxyl groups is 1. The Hall–Kier alpha value is -3.62. The minimum atomic E-state index is -0.703. The third-order valence-electron chi connectivity index (χ3n) is 3.61. The van der Waals surface area contributed by atoms with Crippen molar-refractivity contribution in [1.29, 1.82) is 0 Å². The van der Waals surface area contributed by atoms with Gasteiger partial charge in [-0.15, -0.1) is 0 Å². The molecular formula is C18H19N3O6. The first-order valence-corrected chi connectivity index (χ1v) is 7.89. The summed E-state index contributed by atoms with van der Waals surface area (Å²) in [6, 6.07) is 8.10. The van der Waals surface area contributed by atoms with Crippen LogP contribution in [0.3, 0.4) is 0 Å². The first-order valence-electron chi connectivity index (χ1n) is 7.89. The zero-order chi connectivity index (χ0) is 20.0. The number of rotatable bonds is 7. The summed E-state index contributed by atoms with van der Waals surface area (Å²) in [7, 11) is 1.20. The average Bonchev–Trinajstić information content (AvgIpc) is 2.61. The molecule has 27 heavy (non-hydrogen) atoms. The van der Waals surface area contributed by atoms with E-state index < -0.39 is 16.5 Å². The summed E-state index contributed by atoms with van der Waals surface area (Å²) in [6.07, 6.45) is 1.09. The van der Waals surface area contributed by atoms with Crippen molar-refractivity contribution < 1.29 is 24.3 Å². The van der Waals surface area contributed by atoms with Crippen molar-refractivity contribution in [3.05, 3.63) is 57.1 Å². The Balaban J connectivity index is 2.02. The molecule has 0 aliphatic carbocycles. The number of amides is 1. The summed E-state index contributed by atoms with van der Waals surface area (Å²) in [5.41, 5.74) is 3.82.